The van der Waals surface area contributed by atoms with Crippen LogP contribution >= 0.6 is 22.7 Å². The van der Waals surface area contributed by atoms with Crippen molar-refractivity contribution in [3.05, 3.63) is 62.8 Å². The Morgan fingerprint density at radius 3 is 2.65 bits per heavy atom. The van der Waals surface area contributed by atoms with Crippen LogP contribution in [-0.2, 0) is 11.2 Å². The van der Waals surface area contributed by atoms with Crippen molar-refractivity contribution < 1.29 is 9.59 Å². The first-order chi connectivity index (χ1) is 12.6. The molecule has 0 aliphatic carbocycles. The number of benzene rings is 1. The van der Waals surface area contributed by atoms with Crippen LogP contribution in [0.5, 0.6) is 0 Å². The Labute approximate surface area is 159 Å². The zero-order valence-electron chi connectivity index (χ0n) is 14.2. The Morgan fingerprint density at radius 1 is 1.12 bits per heavy atom. The van der Waals surface area contributed by atoms with Crippen LogP contribution in [0, 0.1) is 6.92 Å². The molecule has 0 spiro atoms. The monoisotopic (exact) mass is 386 g/mol. The van der Waals surface area contributed by atoms with Gasteiger partial charge in [0.15, 0.2) is 0 Å². The Kier molecular flexibility index (Phi) is 6.08. The van der Waals surface area contributed by atoms with Gasteiger partial charge in [-0.15, -0.1) is 10.2 Å². The smallest absolute Gasteiger partial charge is 0.252 e. The number of nitrogens with zero attached hydrogens (tertiary/aromatic N) is 2. The Hall–Kier alpha value is -2.58. The van der Waals surface area contributed by atoms with Crippen molar-refractivity contribution in [2.45, 2.75) is 19.8 Å². The number of carbonyl (C=O) groups excluding carboxylic acids is 2. The summed E-state index contributed by atoms with van der Waals surface area (Å²) >= 11 is 2.82. The minimum Gasteiger partial charge on any atom is -0.351 e. The van der Waals surface area contributed by atoms with Gasteiger partial charge in [-0.3, -0.25) is 9.59 Å². The van der Waals surface area contributed by atoms with E-state index in [1.54, 1.807) is 11.4 Å². The second-order valence-corrected chi connectivity index (χ2v) is 7.57. The third-order valence-electron chi connectivity index (χ3n) is 3.61. The van der Waals surface area contributed by atoms with E-state index in [2.05, 4.69) is 45.1 Å². The number of amides is 2. The number of carbonyl (C=O) groups is 2. The molecule has 2 aromatic heterocycles. The van der Waals surface area contributed by atoms with Crippen LogP contribution in [0.1, 0.15) is 32.9 Å². The first-order valence-corrected chi connectivity index (χ1v) is 9.84. The van der Waals surface area contributed by atoms with Crippen molar-refractivity contribution in [2.75, 3.05) is 11.9 Å². The van der Waals surface area contributed by atoms with Crippen LogP contribution < -0.4 is 10.6 Å². The molecule has 0 unspecified atom stereocenters. The standard InChI is InChI=1S/C18H18N4O2S2/c1-12-2-4-13(5-3-12)10-16-21-22-18(26-16)20-15(23)6-8-19-17(24)14-7-9-25-11-14/h2-5,7,9,11H,6,8,10H2,1H3,(H,19,24)(H,20,22,23). The molecular weight excluding hydrogens is 368 g/mol. The van der Waals surface area contributed by atoms with Crippen molar-refractivity contribution in [1.82, 2.24) is 15.5 Å². The number of thiophene rings is 1. The maximum Gasteiger partial charge on any atom is 0.252 e. The van der Waals surface area contributed by atoms with Crippen LogP contribution in [0.15, 0.2) is 41.1 Å². The fourth-order valence-corrected chi connectivity index (χ4v) is 3.65. The first-order valence-electron chi connectivity index (χ1n) is 8.08. The molecule has 0 aliphatic rings. The van der Waals surface area contributed by atoms with Crippen LogP contribution in [0.2, 0.25) is 0 Å². The number of aryl methyl sites for hydroxylation is 1. The maximum absolute atomic E-state index is 12.0. The molecule has 134 valence electrons. The average Bonchev–Trinajstić information content (AvgIpc) is 3.29. The van der Waals surface area contributed by atoms with E-state index >= 15 is 0 Å². The average molecular weight is 387 g/mol. The molecule has 3 rings (SSSR count). The fourth-order valence-electron chi connectivity index (χ4n) is 2.22. The van der Waals surface area contributed by atoms with Gasteiger partial charge in [0.1, 0.15) is 5.01 Å². The summed E-state index contributed by atoms with van der Waals surface area (Å²) < 4.78 is 0. The van der Waals surface area contributed by atoms with Crippen molar-refractivity contribution in [3.63, 3.8) is 0 Å². The number of anilines is 1. The molecule has 0 saturated carbocycles. The number of rotatable bonds is 7. The Bertz CT molecular complexity index is 873. The van der Waals surface area contributed by atoms with E-state index in [0.717, 1.165) is 10.6 Å². The van der Waals surface area contributed by atoms with Gasteiger partial charge in [-0.25, -0.2) is 0 Å². The molecule has 0 aliphatic heterocycles. The van der Waals surface area contributed by atoms with Crippen LogP contribution in [0.3, 0.4) is 0 Å². The lowest BCUT2D eigenvalue weighted by atomic mass is 10.1. The Morgan fingerprint density at radius 2 is 1.92 bits per heavy atom. The third kappa shape index (κ3) is 5.21. The van der Waals surface area contributed by atoms with Crippen LogP contribution in [0.25, 0.3) is 0 Å². The predicted octanol–water partition coefficient (Wildman–Crippen LogP) is 3.26. The second-order valence-electron chi connectivity index (χ2n) is 5.73. The van der Waals surface area contributed by atoms with E-state index < -0.39 is 0 Å². The van der Waals surface area contributed by atoms with E-state index in [0.29, 0.717) is 17.1 Å². The number of aromatic nitrogens is 2. The normalized spacial score (nSPS) is 10.5. The summed E-state index contributed by atoms with van der Waals surface area (Å²) in [4.78, 5) is 23.8. The largest absolute Gasteiger partial charge is 0.351 e. The highest BCUT2D eigenvalue weighted by molar-refractivity contribution is 7.15. The summed E-state index contributed by atoms with van der Waals surface area (Å²) in [6.45, 7) is 2.32. The van der Waals surface area contributed by atoms with Gasteiger partial charge < -0.3 is 10.6 Å². The van der Waals surface area contributed by atoms with Crippen molar-refractivity contribution in [2.24, 2.45) is 0 Å². The molecular formula is C18H18N4O2S2. The van der Waals surface area contributed by atoms with E-state index in [9.17, 15) is 9.59 Å². The molecule has 6 nitrogen and oxygen atoms in total. The highest BCUT2D eigenvalue weighted by Gasteiger charge is 2.10. The van der Waals surface area contributed by atoms with Gasteiger partial charge in [-0.05, 0) is 23.9 Å². The predicted molar refractivity (Wildman–Crippen MR) is 104 cm³/mol. The van der Waals surface area contributed by atoms with E-state index in [1.165, 1.54) is 28.2 Å². The van der Waals surface area contributed by atoms with Crippen LogP contribution in [-0.4, -0.2) is 28.6 Å². The molecule has 0 radical (unpaired) electrons. The minimum absolute atomic E-state index is 0.171. The number of nitrogens with one attached hydrogen (secondary N) is 2. The molecule has 2 amide bonds. The highest BCUT2D eigenvalue weighted by atomic mass is 32.1. The second kappa shape index (κ2) is 8.68. The van der Waals surface area contributed by atoms with Crippen molar-refractivity contribution in [1.29, 1.82) is 0 Å². The van der Waals surface area contributed by atoms with Gasteiger partial charge in [-0.2, -0.15) is 11.3 Å². The summed E-state index contributed by atoms with van der Waals surface area (Å²) in [6, 6.07) is 9.99. The molecule has 26 heavy (non-hydrogen) atoms. The topological polar surface area (TPSA) is 84.0 Å². The fraction of sp³-hybridized carbons (Fsp3) is 0.222. The van der Waals surface area contributed by atoms with Crippen molar-refractivity contribution >= 4 is 39.6 Å². The summed E-state index contributed by atoms with van der Waals surface area (Å²) in [5.41, 5.74) is 2.98. The number of hydrogen-bond acceptors (Lipinski definition) is 6. The van der Waals surface area contributed by atoms with Gasteiger partial charge in [-0.1, -0.05) is 41.2 Å². The van der Waals surface area contributed by atoms with Gasteiger partial charge in [0.05, 0.1) is 0 Å². The van der Waals surface area contributed by atoms with Crippen molar-refractivity contribution in [3.8, 4) is 0 Å². The maximum atomic E-state index is 12.0. The molecule has 3 aromatic rings. The summed E-state index contributed by atoms with van der Waals surface area (Å²) in [5.74, 6) is -0.371. The first kappa shape index (κ1) is 18.2. The minimum atomic E-state index is -0.200. The quantitative estimate of drug-likeness (QED) is 0.653. The lowest BCUT2D eigenvalue weighted by Crippen LogP contribution is -2.27. The zero-order valence-corrected chi connectivity index (χ0v) is 15.8. The summed E-state index contributed by atoms with van der Waals surface area (Å²) in [5, 5.41) is 18.5. The Balaban J connectivity index is 1.44. The van der Waals surface area contributed by atoms with E-state index in [1.807, 2.05) is 12.3 Å². The zero-order chi connectivity index (χ0) is 18.4. The molecule has 0 atom stereocenters. The SMILES string of the molecule is Cc1ccc(Cc2nnc(NC(=O)CCNC(=O)c3ccsc3)s2)cc1. The third-order valence-corrected chi connectivity index (χ3v) is 5.13. The highest BCUT2D eigenvalue weighted by Crippen LogP contribution is 2.19. The van der Waals surface area contributed by atoms with Gasteiger partial charge in [0.25, 0.3) is 5.91 Å². The van der Waals surface area contributed by atoms with Gasteiger partial charge in [0, 0.05) is 30.3 Å². The molecule has 8 heteroatoms. The molecule has 2 N–H and O–H groups in total. The molecule has 0 saturated heterocycles. The van der Waals surface area contributed by atoms with Gasteiger partial charge in [0.2, 0.25) is 11.0 Å². The summed E-state index contributed by atoms with van der Waals surface area (Å²) in [7, 11) is 0. The number of hydrogen-bond donors (Lipinski definition) is 2. The molecule has 0 bridgehead atoms. The lowest BCUT2D eigenvalue weighted by molar-refractivity contribution is -0.116. The van der Waals surface area contributed by atoms with Crippen LogP contribution in [0.4, 0.5) is 5.13 Å². The molecule has 1 aromatic carbocycles. The van der Waals surface area contributed by atoms with E-state index in [-0.39, 0.29) is 24.8 Å². The molecule has 2 heterocycles. The van der Waals surface area contributed by atoms with E-state index in [4.69, 9.17) is 0 Å². The van der Waals surface area contributed by atoms with Gasteiger partial charge >= 0.3 is 0 Å². The lowest BCUT2D eigenvalue weighted by Gasteiger charge is -2.03. The summed E-state index contributed by atoms with van der Waals surface area (Å²) in [6.07, 6.45) is 0.868. The molecule has 0 fully saturated rings.